The number of benzene rings is 1. The second-order valence-electron chi connectivity index (χ2n) is 4.80. The summed E-state index contributed by atoms with van der Waals surface area (Å²) in [6.45, 7) is 1.93. The van der Waals surface area contributed by atoms with Gasteiger partial charge in [-0.15, -0.1) is 0 Å². The minimum absolute atomic E-state index is 0.0364. The van der Waals surface area contributed by atoms with Crippen molar-refractivity contribution in [2.75, 3.05) is 6.54 Å². The number of carbonyl (C=O) groups is 1. The molecule has 0 spiro atoms. The molecule has 1 aliphatic rings. The van der Waals surface area contributed by atoms with Crippen molar-refractivity contribution in [1.82, 2.24) is 4.31 Å². The van der Waals surface area contributed by atoms with Crippen LogP contribution in [0.5, 0.6) is 0 Å². The van der Waals surface area contributed by atoms with E-state index in [9.17, 15) is 13.2 Å². The van der Waals surface area contributed by atoms with Gasteiger partial charge in [0.15, 0.2) is 0 Å². The van der Waals surface area contributed by atoms with Crippen molar-refractivity contribution < 1.29 is 18.3 Å². The summed E-state index contributed by atoms with van der Waals surface area (Å²) in [5, 5.41) is 8.72. The molecule has 1 fully saturated rings. The first-order valence-electron chi connectivity index (χ1n) is 6.21. The van der Waals surface area contributed by atoms with Gasteiger partial charge in [0.05, 0.1) is 11.3 Å². The van der Waals surface area contributed by atoms with Gasteiger partial charge in [0, 0.05) is 12.6 Å². The Morgan fingerprint density at radius 3 is 2.37 bits per heavy atom. The van der Waals surface area contributed by atoms with E-state index in [2.05, 4.69) is 0 Å². The molecule has 1 aromatic carbocycles. The van der Waals surface area contributed by atoms with Crippen molar-refractivity contribution in [2.24, 2.45) is 0 Å². The van der Waals surface area contributed by atoms with Gasteiger partial charge in [0.1, 0.15) is 0 Å². The number of nitrogens with zero attached hydrogens (tertiary/aromatic N) is 1. The van der Waals surface area contributed by atoms with Crippen molar-refractivity contribution in [3.05, 3.63) is 29.8 Å². The van der Waals surface area contributed by atoms with E-state index in [4.69, 9.17) is 5.11 Å². The zero-order valence-corrected chi connectivity index (χ0v) is 11.6. The van der Waals surface area contributed by atoms with Crippen LogP contribution in [0, 0.1) is 6.92 Å². The molecular formula is C13H17NO4S. The number of carboxylic acids is 1. The van der Waals surface area contributed by atoms with Crippen LogP contribution in [0.4, 0.5) is 0 Å². The summed E-state index contributed by atoms with van der Waals surface area (Å²) in [6.07, 6.45) is 1.46. The standard InChI is InChI=1S/C13H17NO4S/c1-10-2-6-12(7-3-10)19(17,18)14(11-4-5-11)9-8-13(15)16/h2-3,6-7,11H,4-5,8-9H2,1H3,(H,15,16). The molecule has 1 saturated carbocycles. The predicted molar refractivity (Wildman–Crippen MR) is 70.3 cm³/mol. The number of carboxylic acid groups (broad SMARTS) is 1. The Balaban J connectivity index is 2.23. The monoisotopic (exact) mass is 283 g/mol. The lowest BCUT2D eigenvalue weighted by Crippen LogP contribution is -2.35. The van der Waals surface area contributed by atoms with E-state index in [1.54, 1.807) is 24.3 Å². The van der Waals surface area contributed by atoms with Crippen molar-refractivity contribution in [2.45, 2.75) is 37.1 Å². The molecule has 0 amide bonds. The molecule has 1 aliphatic carbocycles. The largest absolute Gasteiger partial charge is 0.481 e. The second-order valence-corrected chi connectivity index (χ2v) is 6.69. The highest BCUT2D eigenvalue weighted by molar-refractivity contribution is 7.89. The number of aryl methyl sites for hydroxylation is 1. The van der Waals surface area contributed by atoms with Gasteiger partial charge in [0.25, 0.3) is 0 Å². The zero-order valence-electron chi connectivity index (χ0n) is 10.7. The number of rotatable bonds is 6. The topological polar surface area (TPSA) is 74.7 Å². The number of hydrogen-bond donors (Lipinski definition) is 1. The van der Waals surface area contributed by atoms with Gasteiger partial charge < -0.3 is 5.11 Å². The Hall–Kier alpha value is -1.40. The van der Waals surface area contributed by atoms with Gasteiger partial charge in [-0.25, -0.2) is 8.42 Å². The average molecular weight is 283 g/mol. The van der Waals surface area contributed by atoms with Gasteiger partial charge >= 0.3 is 5.97 Å². The van der Waals surface area contributed by atoms with E-state index in [0.717, 1.165) is 18.4 Å². The highest BCUT2D eigenvalue weighted by atomic mass is 32.2. The van der Waals surface area contributed by atoms with E-state index in [1.807, 2.05) is 6.92 Å². The zero-order chi connectivity index (χ0) is 14.0. The smallest absolute Gasteiger partial charge is 0.304 e. The molecule has 1 N–H and O–H groups in total. The third-order valence-corrected chi connectivity index (χ3v) is 5.09. The lowest BCUT2D eigenvalue weighted by Gasteiger charge is -2.21. The summed E-state index contributed by atoms with van der Waals surface area (Å²) < 4.78 is 26.3. The maximum Gasteiger partial charge on any atom is 0.304 e. The third kappa shape index (κ3) is 3.33. The molecule has 5 nitrogen and oxygen atoms in total. The van der Waals surface area contributed by atoms with E-state index < -0.39 is 16.0 Å². The van der Waals surface area contributed by atoms with Crippen molar-refractivity contribution in [3.63, 3.8) is 0 Å². The van der Waals surface area contributed by atoms with E-state index in [-0.39, 0.29) is 23.9 Å². The number of aliphatic carboxylic acids is 1. The molecule has 0 aliphatic heterocycles. The van der Waals surface area contributed by atoms with Crippen molar-refractivity contribution in [1.29, 1.82) is 0 Å². The molecular weight excluding hydrogens is 266 g/mol. The molecule has 0 radical (unpaired) electrons. The molecule has 1 aromatic rings. The summed E-state index contributed by atoms with van der Waals surface area (Å²) in [7, 11) is -3.58. The second kappa shape index (κ2) is 5.30. The Morgan fingerprint density at radius 1 is 1.32 bits per heavy atom. The fraction of sp³-hybridized carbons (Fsp3) is 0.462. The van der Waals surface area contributed by atoms with E-state index in [0.29, 0.717) is 0 Å². The van der Waals surface area contributed by atoms with Crippen molar-refractivity contribution in [3.8, 4) is 0 Å². The Kier molecular flexibility index (Phi) is 3.91. The minimum Gasteiger partial charge on any atom is -0.481 e. The third-order valence-electron chi connectivity index (χ3n) is 3.13. The molecule has 0 aromatic heterocycles. The molecule has 0 heterocycles. The summed E-state index contributed by atoms with van der Waals surface area (Å²) >= 11 is 0. The fourth-order valence-electron chi connectivity index (χ4n) is 1.91. The maximum absolute atomic E-state index is 12.5. The molecule has 0 atom stereocenters. The minimum atomic E-state index is -3.58. The van der Waals surface area contributed by atoms with E-state index >= 15 is 0 Å². The Morgan fingerprint density at radius 2 is 1.89 bits per heavy atom. The van der Waals surface area contributed by atoms with Crippen LogP contribution in [0.1, 0.15) is 24.8 Å². The van der Waals surface area contributed by atoms with Gasteiger partial charge in [-0.3, -0.25) is 4.79 Å². The lowest BCUT2D eigenvalue weighted by atomic mass is 10.2. The van der Waals surface area contributed by atoms with Crippen LogP contribution in [-0.2, 0) is 14.8 Å². The molecule has 19 heavy (non-hydrogen) atoms. The molecule has 0 bridgehead atoms. The molecule has 2 rings (SSSR count). The van der Waals surface area contributed by atoms with Crippen LogP contribution in [0.15, 0.2) is 29.2 Å². The summed E-state index contributed by atoms with van der Waals surface area (Å²) in [6, 6.07) is 6.59. The summed E-state index contributed by atoms with van der Waals surface area (Å²) in [5.41, 5.74) is 0.988. The first kappa shape index (κ1) is 14.0. The van der Waals surface area contributed by atoms with Crippen LogP contribution >= 0.6 is 0 Å². The van der Waals surface area contributed by atoms with Crippen LogP contribution in [0.3, 0.4) is 0 Å². The highest BCUT2D eigenvalue weighted by Gasteiger charge is 2.37. The van der Waals surface area contributed by atoms with Crippen LogP contribution < -0.4 is 0 Å². The summed E-state index contributed by atoms with van der Waals surface area (Å²) in [4.78, 5) is 10.9. The first-order chi connectivity index (χ1) is 8.91. The van der Waals surface area contributed by atoms with Gasteiger partial charge in [0.2, 0.25) is 10.0 Å². The number of hydrogen-bond acceptors (Lipinski definition) is 3. The number of sulfonamides is 1. The van der Waals surface area contributed by atoms with Crippen LogP contribution in [0.2, 0.25) is 0 Å². The highest BCUT2D eigenvalue weighted by Crippen LogP contribution is 2.32. The summed E-state index contributed by atoms with van der Waals surface area (Å²) in [5.74, 6) is -0.982. The first-order valence-corrected chi connectivity index (χ1v) is 7.65. The van der Waals surface area contributed by atoms with Gasteiger partial charge in [-0.2, -0.15) is 4.31 Å². The van der Waals surface area contributed by atoms with Crippen LogP contribution in [-0.4, -0.2) is 36.4 Å². The van der Waals surface area contributed by atoms with E-state index in [1.165, 1.54) is 4.31 Å². The van der Waals surface area contributed by atoms with Gasteiger partial charge in [-0.1, -0.05) is 17.7 Å². The van der Waals surface area contributed by atoms with Crippen molar-refractivity contribution >= 4 is 16.0 Å². The molecule has 0 unspecified atom stereocenters. The maximum atomic E-state index is 12.5. The SMILES string of the molecule is Cc1ccc(S(=O)(=O)N(CCC(=O)O)C2CC2)cc1. The normalized spacial score (nSPS) is 15.7. The molecule has 0 saturated heterocycles. The quantitative estimate of drug-likeness (QED) is 0.861. The Bertz CT molecular complexity index is 561. The predicted octanol–water partition coefficient (Wildman–Crippen LogP) is 1.62. The Labute approximate surface area is 112 Å². The molecule has 104 valence electrons. The average Bonchev–Trinajstić information content (AvgIpc) is 3.13. The fourth-order valence-corrected chi connectivity index (χ4v) is 3.60. The molecule has 6 heteroatoms. The lowest BCUT2D eigenvalue weighted by molar-refractivity contribution is -0.137. The van der Waals surface area contributed by atoms with Gasteiger partial charge in [-0.05, 0) is 31.9 Å². The van der Waals surface area contributed by atoms with Crippen LogP contribution in [0.25, 0.3) is 0 Å².